The zero-order chi connectivity index (χ0) is 15.2. The van der Waals surface area contributed by atoms with Gasteiger partial charge in [-0.25, -0.2) is 0 Å². The minimum Gasteiger partial charge on any atom is -0.333 e. The molecule has 1 aromatic rings. The number of hydrogen-bond donors (Lipinski definition) is 1. The van der Waals surface area contributed by atoms with Gasteiger partial charge in [-0.1, -0.05) is 6.92 Å². The summed E-state index contributed by atoms with van der Waals surface area (Å²) < 4.78 is 0. The highest BCUT2D eigenvalue weighted by molar-refractivity contribution is 5.96. The van der Waals surface area contributed by atoms with Gasteiger partial charge in [-0.2, -0.15) is 10.2 Å². The van der Waals surface area contributed by atoms with Gasteiger partial charge in [0.15, 0.2) is 0 Å². The molecular formula is C16H24N4O. The van der Waals surface area contributed by atoms with Gasteiger partial charge in [0.25, 0.3) is 5.91 Å². The monoisotopic (exact) mass is 288 g/mol. The molecule has 2 atom stereocenters. The Morgan fingerprint density at radius 2 is 2.19 bits per heavy atom. The molecule has 0 spiro atoms. The summed E-state index contributed by atoms with van der Waals surface area (Å²) >= 11 is 0. The van der Waals surface area contributed by atoms with Gasteiger partial charge in [-0.05, 0) is 45.1 Å². The minimum atomic E-state index is -0.104. The number of fused-ring (bicyclic) bond motifs is 1. The van der Waals surface area contributed by atoms with Crippen LogP contribution in [-0.2, 0) is 6.42 Å². The summed E-state index contributed by atoms with van der Waals surface area (Å²) in [5, 5.41) is 11.7. The maximum absolute atomic E-state index is 13.1. The Balaban J connectivity index is 1.94. The van der Waals surface area contributed by atoms with Crippen LogP contribution in [0.15, 0.2) is 6.07 Å². The van der Waals surface area contributed by atoms with Crippen LogP contribution in [0.4, 0.5) is 0 Å². The van der Waals surface area contributed by atoms with Crippen molar-refractivity contribution in [3.05, 3.63) is 23.0 Å². The Bertz CT molecular complexity index is 569. The van der Waals surface area contributed by atoms with Crippen molar-refractivity contribution in [3.63, 3.8) is 0 Å². The molecule has 2 fully saturated rings. The van der Waals surface area contributed by atoms with Gasteiger partial charge >= 0.3 is 0 Å². The van der Waals surface area contributed by atoms with Crippen molar-refractivity contribution >= 4 is 5.91 Å². The molecule has 0 aromatic carbocycles. The van der Waals surface area contributed by atoms with Crippen LogP contribution in [-0.4, -0.2) is 46.2 Å². The Labute approximate surface area is 126 Å². The SMILES string of the molecule is CCc1nnc(C)cc1C(=O)N1CC2CNCC2C1(C)C. The van der Waals surface area contributed by atoms with Gasteiger partial charge in [0, 0.05) is 25.2 Å². The molecule has 114 valence electrons. The van der Waals surface area contributed by atoms with E-state index in [0.717, 1.165) is 43.0 Å². The highest BCUT2D eigenvalue weighted by Crippen LogP contribution is 2.41. The normalized spacial score (nSPS) is 27.0. The molecule has 1 amide bonds. The smallest absolute Gasteiger partial charge is 0.256 e. The number of carbonyl (C=O) groups is 1. The topological polar surface area (TPSA) is 58.1 Å². The molecule has 1 aromatic heterocycles. The summed E-state index contributed by atoms with van der Waals surface area (Å²) in [7, 11) is 0. The molecule has 2 saturated heterocycles. The fourth-order valence-electron chi connectivity index (χ4n) is 3.87. The molecule has 0 aliphatic carbocycles. The second kappa shape index (κ2) is 5.05. The molecule has 3 heterocycles. The van der Waals surface area contributed by atoms with E-state index in [2.05, 4.69) is 34.3 Å². The zero-order valence-electron chi connectivity index (χ0n) is 13.3. The summed E-state index contributed by atoms with van der Waals surface area (Å²) in [6.45, 7) is 11.2. The van der Waals surface area contributed by atoms with E-state index < -0.39 is 0 Å². The zero-order valence-corrected chi connectivity index (χ0v) is 13.3. The molecule has 3 rings (SSSR count). The van der Waals surface area contributed by atoms with Crippen LogP contribution >= 0.6 is 0 Å². The fourth-order valence-corrected chi connectivity index (χ4v) is 3.87. The molecule has 0 bridgehead atoms. The van der Waals surface area contributed by atoms with E-state index >= 15 is 0 Å². The van der Waals surface area contributed by atoms with E-state index in [9.17, 15) is 4.79 Å². The van der Waals surface area contributed by atoms with E-state index in [1.807, 2.05) is 19.9 Å². The lowest BCUT2D eigenvalue weighted by Crippen LogP contribution is -2.48. The lowest BCUT2D eigenvalue weighted by Gasteiger charge is -2.36. The first-order valence-corrected chi connectivity index (χ1v) is 7.81. The number of hydrogen-bond acceptors (Lipinski definition) is 4. The first kappa shape index (κ1) is 14.4. The van der Waals surface area contributed by atoms with Gasteiger partial charge in [0.2, 0.25) is 0 Å². The number of nitrogens with one attached hydrogen (secondary N) is 1. The van der Waals surface area contributed by atoms with Crippen LogP contribution in [0.5, 0.6) is 0 Å². The molecular weight excluding hydrogens is 264 g/mol. The molecule has 21 heavy (non-hydrogen) atoms. The van der Waals surface area contributed by atoms with E-state index in [4.69, 9.17) is 0 Å². The predicted octanol–water partition coefficient (Wildman–Crippen LogP) is 1.42. The molecule has 2 aliphatic rings. The third-order valence-corrected chi connectivity index (χ3v) is 5.16. The van der Waals surface area contributed by atoms with Crippen molar-refractivity contribution in [1.29, 1.82) is 0 Å². The maximum atomic E-state index is 13.1. The van der Waals surface area contributed by atoms with Crippen molar-refractivity contribution in [1.82, 2.24) is 20.4 Å². The van der Waals surface area contributed by atoms with E-state index in [0.29, 0.717) is 11.8 Å². The molecule has 2 aliphatic heterocycles. The summed E-state index contributed by atoms with van der Waals surface area (Å²) in [6.07, 6.45) is 0.733. The summed E-state index contributed by atoms with van der Waals surface area (Å²) in [5.41, 5.74) is 2.23. The standard InChI is InChI=1S/C16H24N4O/c1-5-14-12(6-10(2)18-19-14)15(21)20-9-11-7-17-8-13(11)16(20,3)4/h6,11,13,17H,5,7-9H2,1-4H3. The van der Waals surface area contributed by atoms with E-state index in [1.54, 1.807) is 0 Å². The second-order valence-electron chi connectivity index (χ2n) is 6.79. The quantitative estimate of drug-likeness (QED) is 0.894. The molecule has 5 heteroatoms. The van der Waals surface area contributed by atoms with E-state index in [-0.39, 0.29) is 11.4 Å². The summed E-state index contributed by atoms with van der Waals surface area (Å²) in [6, 6.07) is 1.89. The number of likely N-dealkylation sites (tertiary alicyclic amines) is 1. The number of rotatable bonds is 2. The number of nitrogens with zero attached hydrogens (tertiary/aromatic N) is 3. The maximum Gasteiger partial charge on any atom is 0.256 e. The number of amides is 1. The molecule has 0 radical (unpaired) electrons. The first-order valence-electron chi connectivity index (χ1n) is 7.81. The average Bonchev–Trinajstić information content (AvgIpc) is 3.00. The third-order valence-electron chi connectivity index (χ3n) is 5.16. The number of carbonyl (C=O) groups excluding carboxylic acids is 1. The third kappa shape index (κ3) is 2.24. The van der Waals surface area contributed by atoms with Gasteiger partial charge in [-0.3, -0.25) is 4.79 Å². The van der Waals surface area contributed by atoms with Crippen LogP contribution in [0.25, 0.3) is 0 Å². The van der Waals surface area contributed by atoms with Crippen molar-refractivity contribution in [2.45, 2.75) is 39.7 Å². The molecule has 0 saturated carbocycles. The van der Waals surface area contributed by atoms with Gasteiger partial charge in [0.1, 0.15) is 0 Å². The van der Waals surface area contributed by atoms with Gasteiger partial charge in [0.05, 0.1) is 17.0 Å². The minimum absolute atomic E-state index is 0.104. The van der Waals surface area contributed by atoms with Crippen LogP contribution in [0.1, 0.15) is 42.5 Å². The van der Waals surface area contributed by atoms with Crippen molar-refractivity contribution < 1.29 is 4.79 Å². The van der Waals surface area contributed by atoms with Crippen LogP contribution < -0.4 is 5.32 Å². The van der Waals surface area contributed by atoms with Gasteiger partial charge in [-0.15, -0.1) is 0 Å². The molecule has 5 nitrogen and oxygen atoms in total. The number of aryl methyl sites for hydroxylation is 2. The lowest BCUT2D eigenvalue weighted by atomic mass is 9.84. The van der Waals surface area contributed by atoms with E-state index in [1.165, 1.54) is 0 Å². The summed E-state index contributed by atoms with van der Waals surface area (Å²) in [4.78, 5) is 15.1. The highest BCUT2D eigenvalue weighted by atomic mass is 16.2. The average molecular weight is 288 g/mol. The van der Waals surface area contributed by atoms with Crippen molar-refractivity contribution in [2.75, 3.05) is 19.6 Å². The number of aromatic nitrogens is 2. The Kier molecular flexibility index (Phi) is 3.48. The van der Waals surface area contributed by atoms with Crippen molar-refractivity contribution in [3.8, 4) is 0 Å². The first-order chi connectivity index (χ1) is 9.95. The Morgan fingerprint density at radius 3 is 2.86 bits per heavy atom. The van der Waals surface area contributed by atoms with Crippen LogP contribution in [0, 0.1) is 18.8 Å². The highest BCUT2D eigenvalue weighted by Gasteiger charge is 2.51. The fraction of sp³-hybridized carbons (Fsp3) is 0.688. The Morgan fingerprint density at radius 1 is 1.43 bits per heavy atom. The van der Waals surface area contributed by atoms with Crippen LogP contribution in [0.3, 0.4) is 0 Å². The van der Waals surface area contributed by atoms with Crippen LogP contribution in [0.2, 0.25) is 0 Å². The largest absolute Gasteiger partial charge is 0.333 e. The lowest BCUT2D eigenvalue weighted by molar-refractivity contribution is 0.0601. The van der Waals surface area contributed by atoms with Crippen molar-refractivity contribution in [2.24, 2.45) is 11.8 Å². The molecule has 1 N–H and O–H groups in total. The second-order valence-corrected chi connectivity index (χ2v) is 6.79. The summed E-state index contributed by atoms with van der Waals surface area (Å²) in [5.74, 6) is 1.23. The Hall–Kier alpha value is -1.49. The predicted molar refractivity (Wildman–Crippen MR) is 81.1 cm³/mol. The van der Waals surface area contributed by atoms with Gasteiger partial charge < -0.3 is 10.2 Å². The molecule has 2 unspecified atom stereocenters.